The summed E-state index contributed by atoms with van der Waals surface area (Å²) in [6.07, 6.45) is 0.987. The molecule has 3 N–H and O–H groups in total. The Bertz CT molecular complexity index is 238. The Morgan fingerprint density at radius 2 is 2.18 bits per heavy atom. The summed E-state index contributed by atoms with van der Waals surface area (Å²) in [5.41, 5.74) is 9.53. The lowest BCUT2D eigenvalue weighted by atomic mass is 10.1. The van der Waals surface area contributed by atoms with Crippen LogP contribution in [-0.2, 0) is 0 Å². The lowest BCUT2D eigenvalue weighted by molar-refractivity contribution is 0.674. The molecule has 0 unspecified atom stereocenters. The minimum Gasteiger partial charge on any atom is -0.361 e. The van der Waals surface area contributed by atoms with E-state index in [9.17, 15) is 0 Å². The van der Waals surface area contributed by atoms with E-state index in [1.807, 2.05) is 0 Å². The van der Waals surface area contributed by atoms with Crippen LogP contribution in [0.15, 0.2) is 6.07 Å². The lowest BCUT2D eigenvalue weighted by Gasteiger charge is -2.07. The monoisotopic (exact) mass is 152 g/mol. The van der Waals surface area contributed by atoms with Crippen molar-refractivity contribution < 1.29 is 0 Å². The number of H-pyrrole nitrogens is 1. The molecule has 0 aliphatic carbocycles. The third-order valence-corrected chi connectivity index (χ3v) is 2.00. The van der Waals surface area contributed by atoms with E-state index < -0.39 is 0 Å². The van der Waals surface area contributed by atoms with E-state index in [-0.39, 0.29) is 6.04 Å². The second-order valence-corrected chi connectivity index (χ2v) is 3.06. The van der Waals surface area contributed by atoms with Gasteiger partial charge in [-0.25, -0.2) is 0 Å². The van der Waals surface area contributed by atoms with Crippen LogP contribution in [0.5, 0.6) is 0 Å². The van der Waals surface area contributed by atoms with Gasteiger partial charge in [0.25, 0.3) is 0 Å². The molecular weight excluding hydrogens is 136 g/mol. The van der Waals surface area contributed by atoms with Crippen LogP contribution in [0.3, 0.4) is 0 Å². The molecule has 2 nitrogen and oxygen atoms in total. The Labute approximate surface area is 67.8 Å². The van der Waals surface area contributed by atoms with Crippen molar-refractivity contribution >= 4 is 0 Å². The average Bonchev–Trinajstić information content (AvgIpc) is 2.28. The van der Waals surface area contributed by atoms with E-state index in [0.717, 1.165) is 6.42 Å². The summed E-state index contributed by atoms with van der Waals surface area (Å²) >= 11 is 0. The van der Waals surface area contributed by atoms with Crippen LogP contribution in [0.1, 0.15) is 36.3 Å². The average molecular weight is 152 g/mol. The Morgan fingerprint density at radius 1 is 1.55 bits per heavy atom. The van der Waals surface area contributed by atoms with Crippen LogP contribution in [0.2, 0.25) is 0 Å². The van der Waals surface area contributed by atoms with Gasteiger partial charge >= 0.3 is 0 Å². The maximum atomic E-state index is 5.88. The molecule has 1 aromatic heterocycles. The van der Waals surface area contributed by atoms with Gasteiger partial charge in [-0.3, -0.25) is 0 Å². The molecule has 0 saturated carbocycles. The molecule has 0 spiro atoms. The molecule has 0 amide bonds. The second kappa shape index (κ2) is 3.09. The number of aromatic amines is 1. The first-order chi connectivity index (χ1) is 5.15. The van der Waals surface area contributed by atoms with Crippen molar-refractivity contribution in [2.24, 2.45) is 5.73 Å². The molecule has 62 valence electrons. The van der Waals surface area contributed by atoms with Crippen molar-refractivity contribution in [1.82, 2.24) is 4.98 Å². The van der Waals surface area contributed by atoms with Gasteiger partial charge in [0.1, 0.15) is 0 Å². The van der Waals surface area contributed by atoms with Gasteiger partial charge in [-0.2, -0.15) is 0 Å². The highest BCUT2D eigenvalue weighted by atomic mass is 14.8. The summed E-state index contributed by atoms with van der Waals surface area (Å²) in [6.45, 7) is 6.24. The molecule has 0 bridgehead atoms. The summed E-state index contributed by atoms with van der Waals surface area (Å²) in [6, 6.07) is 2.30. The molecule has 0 aliphatic heterocycles. The minimum absolute atomic E-state index is 0.170. The fourth-order valence-corrected chi connectivity index (χ4v) is 1.34. The molecule has 1 atom stereocenters. The molecule has 0 fully saturated rings. The Hall–Kier alpha value is -0.760. The van der Waals surface area contributed by atoms with Crippen LogP contribution in [0, 0.1) is 13.8 Å². The Morgan fingerprint density at radius 3 is 2.55 bits per heavy atom. The first kappa shape index (κ1) is 8.34. The number of hydrogen-bond acceptors (Lipinski definition) is 1. The highest BCUT2D eigenvalue weighted by Crippen LogP contribution is 2.17. The number of aromatic nitrogens is 1. The molecule has 0 radical (unpaired) electrons. The molecule has 2 heteroatoms. The standard InChI is InChI=1S/C9H16N2/c1-4-8(10)9-6(2)5-7(3)11-9/h5,8,11H,4,10H2,1-3H3/t8-/m0/s1. The number of rotatable bonds is 2. The summed E-state index contributed by atoms with van der Waals surface area (Å²) in [5, 5.41) is 0. The fraction of sp³-hybridized carbons (Fsp3) is 0.556. The van der Waals surface area contributed by atoms with E-state index >= 15 is 0 Å². The van der Waals surface area contributed by atoms with E-state index in [4.69, 9.17) is 5.73 Å². The van der Waals surface area contributed by atoms with Crippen LogP contribution < -0.4 is 5.73 Å². The van der Waals surface area contributed by atoms with Crippen molar-refractivity contribution in [2.75, 3.05) is 0 Å². The number of nitrogens with one attached hydrogen (secondary N) is 1. The van der Waals surface area contributed by atoms with Crippen molar-refractivity contribution in [3.8, 4) is 0 Å². The molecule has 0 aliphatic rings. The Kier molecular flexibility index (Phi) is 2.35. The maximum absolute atomic E-state index is 5.88. The van der Waals surface area contributed by atoms with E-state index in [1.165, 1.54) is 17.0 Å². The second-order valence-electron chi connectivity index (χ2n) is 3.06. The molecule has 1 rings (SSSR count). The van der Waals surface area contributed by atoms with E-state index in [0.29, 0.717) is 0 Å². The summed E-state index contributed by atoms with van der Waals surface area (Å²) < 4.78 is 0. The van der Waals surface area contributed by atoms with Gasteiger partial charge in [0.15, 0.2) is 0 Å². The van der Waals surface area contributed by atoms with Gasteiger partial charge in [0, 0.05) is 17.4 Å². The summed E-state index contributed by atoms with van der Waals surface area (Å²) in [7, 11) is 0. The van der Waals surface area contributed by atoms with Gasteiger partial charge < -0.3 is 10.7 Å². The van der Waals surface area contributed by atoms with Crippen molar-refractivity contribution in [1.29, 1.82) is 0 Å². The predicted molar refractivity (Wildman–Crippen MR) is 47.5 cm³/mol. The fourth-order valence-electron chi connectivity index (χ4n) is 1.34. The smallest absolute Gasteiger partial charge is 0.0447 e. The minimum atomic E-state index is 0.170. The van der Waals surface area contributed by atoms with Crippen molar-refractivity contribution in [3.63, 3.8) is 0 Å². The third-order valence-electron chi connectivity index (χ3n) is 2.00. The van der Waals surface area contributed by atoms with Crippen molar-refractivity contribution in [2.45, 2.75) is 33.2 Å². The SMILES string of the molecule is CC[C@H](N)c1[nH]c(C)cc1C. The third kappa shape index (κ3) is 1.63. The molecule has 0 aromatic carbocycles. The van der Waals surface area contributed by atoms with Crippen LogP contribution in [0.4, 0.5) is 0 Å². The lowest BCUT2D eigenvalue weighted by Crippen LogP contribution is -2.10. The van der Waals surface area contributed by atoms with Gasteiger partial charge in [0.05, 0.1) is 0 Å². The van der Waals surface area contributed by atoms with Gasteiger partial charge in [0.2, 0.25) is 0 Å². The maximum Gasteiger partial charge on any atom is 0.0447 e. The zero-order valence-electron chi connectivity index (χ0n) is 7.44. The number of aryl methyl sites for hydroxylation is 2. The normalized spacial score (nSPS) is 13.5. The molecular formula is C9H16N2. The number of hydrogen-bond donors (Lipinski definition) is 2. The van der Waals surface area contributed by atoms with Gasteiger partial charge in [-0.1, -0.05) is 6.92 Å². The van der Waals surface area contributed by atoms with Crippen LogP contribution >= 0.6 is 0 Å². The van der Waals surface area contributed by atoms with Crippen LogP contribution in [-0.4, -0.2) is 4.98 Å². The largest absolute Gasteiger partial charge is 0.361 e. The molecule has 1 aromatic rings. The first-order valence-corrected chi connectivity index (χ1v) is 4.06. The highest BCUT2D eigenvalue weighted by Gasteiger charge is 2.08. The number of nitrogens with two attached hydrogens (primary N) is 1. The molecule has 0 saturated heterocycles. The van der Waals surface area contributed by atoms with Gasteiger partial charge in [-0.15, -0.1) is 0 Å². The zero-order valence-corrected chi connectivity index (χ0v) is 7.44. The summed E-state index contributed by atoms with van der Waals surface area (Å²) in [4.78, 5) is 3.27. The predicted octanol–water partition coefficient (Wildman–Crippen LogP) is 2.04. The first-order valence-electron chi connectivity index (χ1n) is 4.06. The highest BCUT2D eigenvalue weighted by molar-refractivity contribution is 5.26. The zero-order chi connectivity index (χ0) is 8.43. The summed E-state index contributed by atoms with van der Waals surface area (Å²) in [5.74, 6) is 0. The van der Waals surface area contributed by atoms with Crippen LogP contribution in [0.25, 0.3) is 0 Å². The quantitative estimate of drug-likeness (QED) is 0.669. The van der Waals surface area contributed by atoms with Crippen molar-refractivity contribution in [3.05, 3.63) is 23.0 Å². The Balaban J connectivity index is 2.93. The van der Waals surface area contributed by atoms with Gasteiger partial charge in [-0.05, 0) is 31.9 Å². The van der Waals surface area contributed by atoms with E-state index in [2.05, 4.69) is 31.8 Å². The van der Waals surface area contributed by atoms with E-state index in [1.54, 1.807) is 0 Å². The topological polar surface area (TPSA) is 41.8 Å². The molecule has 11 heavy (non-hydrogen) atoms. The molecule has 1 heterocycles.